The van der Waals surface area contributed by atoms with Gasteiger partial charge in [0.25, 0.3) is 5.91 Å². The number of hydrogen-bond donors (Lipinski definition) is 0. The number of ether oxygens (including phenoxy) is 1. The summed E-state index contributed by atoms with van der Waals surface area (Å²) >= 11 is 0. The van der Waals surface area contributed by atoms with Gasteiger partial charge in [-0.2, -0.15) is 10.2 Å². The monoisotopic (exact) mass is 402 g/mol. The zero-order chi connectivity index (χ0) is 20.8. The van der Waals surface area contributed by atoms with Gasteiger partial charge in [0.15, 0.2) is 5.82 Å². The van der Waals surface area contributed by atoms with E-state index < -0.39 is 0 Å². The minimum atomic E-state index is -0.241. The van der Waals surface area contributed by atoms with E-state index in [1.54, 1.807) is 29.2 Å². The van der Waals surface area contributed by atoms with E-state index in [2.05, 4.69) is 16.2 Å². The molecule has 0 bridgehead atoms. The number of amides is 1. The summed E-state index contributed by atoms with van der Waals surface area (Å²) in [6.45, 7) is 1.65. The molecule has 3 aromatic rings. The van der Waals surface area contributed by atoms with Gasteiger partial charge >= 0.3 is 0 Å². The maximum Gasteiger partial charge on any atom is 0.254 e. The highest BCUT2D eigenvalue weighted by atomic mass is 16.5. The Morgan fingerprint density at radius 1 is 1.23 bits per heavy atom. The number of hydrogen-bond acceptors (Lipinski definition) is 6. The lowest BCUT2D eigenvalue weighted by Gasteiger charge is -2.22. The maximum absolute atomic E-state index is 13.0. The molecule has 4 rings (SSSR count). The second-order valence-electron chi connectivity index (χ2n) is 7.19. The van der Waals surface area contributed by atoms with E-state index in [9.17, 15) is 4.79 Å². The third kappa shape index (κ3) is 4.56. The van der Waals surface area contributed by atoms with Gasteiger partial charge in [-0.05, 0) is 36.6 Å². The molecule has 1 atom stereocenters. The molecular formula is C23H22N4O3. The van der Waals surface area contributed by atoms with E-state index in [0.717, 1.165) is 18.4 Å². The molecule has 0 spiro atoms. The first kappa shape index (κ1) is 19.8. The molecule has 1 amide bonds. The van der Waals surface area contributed by atoms with E-state index in [1.807, 2.05) is 30.3 Å². The quantitative estimate of drug-likeness (QED) is 0.560. The summed E-state index contributed by atoms with van der Waals surface area (Å²) in [4.78, 5) is 19.2. The third-order valence-electron chi connectivity index (χ3n) is 5.10. The highest BCUT2D eigenvalue weighted by Gasteiger charge is 2.34. The normalized spacial score (nSPS) is 15.8. The van der Waals surface area contributed by atoms with Gasteiger partial charge in [0.2, 0.25) is 5.89 Å². The topological polar surface area (TPSA) is 92.2 Å². The molecule has 2 aromatic carbocycles. The van der Waals surface area contributed by atoms with Crippen LogP contribution in [-0.2, 0) is 17.8 Å². The Labute approximate surface area is 174 Å². The Bertz CT molecular complexity index is 1040. The Hall–Kier alpha value is -3.50. The van der Waals surface area contributed by atoms with E-state index in [1.165, 1.54) is 0 Å². The van der Waals surface area contributed by atoms with Crippen LogP contribution in [-0.4, -0.2) is 34.1 Å². The van der Waals surface area contributed by atoms with Crippen molar-refractivity contribution < 1.29 is 14.1 Å². The molecule has 2 heterocycles. The van der Waals surface area contributed by atoms with Crippen LogP contribution in [0.2, 0.25) is 0 Å². The van der Waals surface area contributed by atoms with Crippen LogP contribution in [0.15, 0.2) is 59.1 Å². The number of rotatable bonds is 7. The molecule has 1 saturated heterocycles. The van der Waals surface area contributed by atoms with Gasteiger partial charge in [0, 0.05) is 18.5 Å². The van der Waals surface area contributed by atoms with Gasteiger partial charge < -0.3 is 14.2 Å². The summed E-state index contributed by atoms with van der Waals surface area (Å²) in [6.07, 6.45) is 2.18. The molecule has 1 aliphatic rings. The number of benzene rings is 2. The van der Waals surface area contributed by atoms with Gasteiger partial charge in [-0.15, -0.1) is 0 Å². The minimum absolute atomic E-state index is 0.124. The van der Waals surface area contributed by atoms with Crippen LogP contribution in [0, 0.1) is 11.3 Å². The average molecular weight is 402 g/mol. The molecule has 1 fully saturated rings. The summed E-state index contributed by atoms with van der Waals surface area (Å²) in [7, 11) is 0. The van der Waals surface area contributed by atoms with Crippen LogP contribution in [0.25, 0.3) is 0 Å². The largest absolute Gasteiger partial charge is 0.376 e. The molecule has 0 radical (unpaired) electrons. The van der Waals surface area contributed by atoms with Gasteiger partial charge in [0.1, 0.15) is 6.04 Å². The average Bonchev–Trinajstić information content (AvgIpc) is 3.46. The first-order chi connectivity index (χ1) is 14.7. The third-order valence-corrected chi connectivity index (χ3v) is 5.10. The van der Waals surface area contributed by atoms with E-state index in [0.29, 0.717) is 49.0 Å². The van der Waals surface area contributed by atoms with Crippen LogP contribution in [0.1, 0.15) is 52.1 Å². The van der Waals surface area contributed by atoms with Crippen LogP contribution >= 0.6 is 0 Å². The van der Waals surface area contributed by atoms with Gasteiger partial charge in [-0.25, -0.2) is 0 Å². The van der Waals surface area contributed by atoms with Gasteiger partial charge in [-0.3, -0.25) is 4.79 Å². The summed E-state index contributed by atoms with van der Waals surface area (Å²) in [5.41, 5.74) is 2.08. The van der Waals surface area contributed by atoms with Crippen molar-refractivity contribution in [1.82, 2.24) is 15.0 Å². The van der Waals surface area contributed by atoms with Crippen molar-refractivity contribution in [2.75, 3.05) is 13.2 Å². The second kappa shape index (κ2) is 9.33. The Kier molecular flexibility index (Phi) is 6.16. The summed E-state index contributed by atoms with van der Waals surface area (Å²) < 4.78 is 11.1. The Balaban J connectivity index is 1.36. The molecule has 0 saturated carbocycles. The zero-order valence-corrected chi connectivity index (χ0v) is 16.5. The molecule has 152 valence electrons. The maximum atomic E-state index is 13.0. The fourth-order valence-corrected chi connectivity index (χ4v) is 3.59. The van der Waals surface area contributed by atoms with Gasteiger partial charge in [-0.1, -0.05) is 41.6 Å². The van der Waals surface area contributed by atoms with Gasteiger partial charge in [0.05, 0.1) is 24.8 Å². The fourth-order valence-electron chi connectivity index (χ4n) is 3.59. The van der Waals surface area contributed by atoms with Crippen LogP contribution in [0.5, 0.6) is 0 Å². The zero-order valence-electron chi connectivity index (χ0n) is 16.5. The number of nitriles is 1. The van der Waals surface area contributed by atoms with Crippen LogP contribution in [0.3, 0.4) is 0 Å². The highest BCUT2D eigenvalue weighted by molar-refractivity contribution is 5.95. The van der Waals surface area contributed by atoms with Crippen molar-refractivity contribution >= 4 is 5.91 Å². The van der Waals surface area contributed by atoms with Crippen LogP contribution < -0.4 is 0 Å². The van der Waals surface area contributed by atoms with Crippen molar-refractivity contribution in [2.24, 2.45) is 0 Å². The first-order valence-corrected chi connectivity index (χ1v) is 10.00. The summed E-state index contributed by atoms with van der Waals surface area (Å²) in [5.74, 6) is 0.903. The van der Waals surface area contributed by atoms with E-state index in [-0.39, 0.29) is 11.9 Å². The number of nitrogens with zero attached hydrogens (tertiary/aromatic N) is 4. The molecule has 0 aliphatic carbocycles. The van der Waals surface area contributed by atoms with Crippen molar-refractivity contribution in [3.05, 3.63) is 83.0 Å². The smallest absolute Gasteiger partial charge is 0.254 e. The lowest BCUT2D eigenvalue weighted by molar-refractivity contribution is 0.0710. The van der Waals surface area contributed by atoms with Crippen molar-refractivity contribution in [2.45, 2.75) is 31.9 Å². The standard InChI is InChI=1S/C23H22N4O3/c24-15-18-8-4-9-19(14-18)23(28)27-12-5-10-20(27)22-25-21(26-30-22)11-13-29-16-17-6-2-1-3-7-17/h1-4,6-9,14,20H,5,10-13,16H2. The molecule has 0 N–H and O–H groups in total. The molecular weight excluding hydrogens is 380 g/mol. The molecule has 7 heteroatoms. The lowest BCUT2D eigenvalue weighted by Crippen LogP contribution is -2.30. The van der Waals surface area contributed by atoms with Crippen molar-refractivity contribution in [3.63, 3.8) is 0 Å². The van der Waals surface area contributed by atoms with Crippen molar-refractivity contribution in [3.8, 4) is 6.07 Å². The molecule has 7 nitrogen and oxygen atoms in total. The Morgan fingerprint density at radius 2 is 2.10 bits per heavy atom. The predicted octanol–water partition coefficient (Wildman–Crippen LogP) is 3.68. The molecule has 30 heavy (non-hydrogen) atoms. The molecule has 1 aromatic heterocycles. The minimum Gasteiger partial charge on any atom is -0.376 e. The highest BCUT2D eigenvalue weighted by Crippen LogP contribution is 2.32. The fraction of sp³-hybridized carbons (Fsp3) is 0.304. The Morgan fingerprint density at radius 3 is 2.93 bits per heavy atom. The molecule has 1 unspecified atom stereocenters. The predicted molar refractivity (Wildman–Crippen MR) is 108 cm³/mol. The molecule has 1 aliphatic heterocycles. The summed E-state index contributed by atoms with van der Waals surface area (Å²) in [5, 5.41) is 13.1. The second-order valence-corrected chi connectivity index (χ2v) is 7.19. The van der Waals surface area contributed by atoms with Crippen LogP contribution in [0.4, 0.5) is 0 Å². The first-order valence-electron chi connectivity index (χ1n) is 10.00. The van der Waals surface area contributed by atoms with E-state index >= 15 is 0 Å². The van der Waals surface area contributed by atoms with E-state index in [4.69, 9.17) is 14.5 Å². The SMILES string of the molecule is N#Cc1cccc(C(=O)N2CCCC2c2nc(CCOCc3ccccc3)no2)c1. The number of carbonyl (C=O) groups excluding carboxylic acids is 1. The number of carbonyl (C=O) groups is 1. The van der Waals surface area contributed by atoms with Crippen molar-refractivity contribution in [1.29, 1.82) is 5.26 Å². The summed E-state index contributed by atoms with van der Waals surface area (Å²) in [6, 6.07) is 18.5. The number of aromatic nitrogens is 2. The number of likely N-dealkylation sites (tertiary alicyclic amines) is 1. The lowest BCUT2D eigenvalue weighted by atomic mass is 10.1.